The van der Waals surface area contributed by atoms with Crippen molar-refractivity contribution in [3.63, 3.8) is 0 Å². The predicted molar refractivity (Wildman–Crippen MR) is 73.4 cm³/mol. The van der Waals surface area contributed by atoms with Gasteiger partial charge in [0.2, 0.25) is 0 Å². The first-order valence-electron chi connectivity index (χ1n) is 4.90. The van der Waals surface area contributed by atoms with E-state index in [4.69, 9.17) is 0 Å². The van der Waals surface area contributed by atoms with Crippen LogP contribution in [0, 0.1) is 0 Å². The standard InChI is InChI=1S/C10H7Br2N.C2H6/c11-6-7-4-8-2-1-3-13-10(8)9(12)5-7;1-2/h1-5H,6H2;1-2H3. The van der Waals surface area contributed by atoms with Crippen LogP contribution in [0.1, 0.15) is 19.4 Å². The van der Waals surface area contributed by atoms with Crippen molar-refractivity contribution in [3.8, 4) is 0 Å². The van der Waals surface area contributed by atoms with Gasteiger partial charge in [-0.1, -0.05) is 35.8 Å². The molecule has 0 aliphatic carbocycles. The van der Waals surface area contributed by atoms with Gasteiger partial charge in [-0.15, -0.1) is 0 Å². The Balaban J connectivity index is 0.000000531. The SMILES string of the molecule is BrCc1cc(Br)c2ncccc2c1.CC. The van der Waals surface area contributed by atoms with Crippen LogP contribution in [0.4, 0.5) is 0 Å². The van der Waals surface area contributed by atoms with Crippen LogP contribution >= 0.6 is 31.9 Å². The van der Waals surface area contributed by atoms with Crippen LogP contribution < -0.4 is 0 Å². The second kappa shape index (κ2) is 6.23. The zero-order chi connectivity index (χ0) is 11.3. The number of hydrogen-bond acceptors (Lipinski definition) is 1. The number of benzene rings is 1. The lowest BCUT2D eigenvalue weighted by atomic mass is 10.1. The molecule has 15 heavy (non-hydrogen) atoms. The van der Waals surface area contributed by atoms with E-state index in [9.17, 15) is 0 Å². The molecule has 0 atom stereocenters. The summed E-state index contributed by atoms with van der Waals surface area (Å²) in [6.45, 7) is 4.00. The molecule has 0 radical (unpaired) electrons. The minimum absolute atomic E-state index is 0.871. The van der Waals surface area contributed by atoms with Crippen molar-refractivity contribution in [2.24, 2.45) is 0 Å². The van der Waals surface area contributed by atoms with Gasteiger partial charge in [0, 0.05) is 21.4 Å². The summed E-state index contributed by atoms with van der Waals surface area (Å²) >= 11 is 6.94. The molecule has 0 aliphatic rings. The molecule has 2 rings (SSSR count). The van der Waals surface area contributed by atoms with Gasteiger partial charge in [0.25, 0.3) is 0 Å². The molecule has 0 spiro atoms. The third-order valence-electron chi connectivity index (χ3n) is 1.87. The maximum Gasteiger partial charge on any atom is 0.0844 e. The van der Waals surface area contributed by atoms with Crippen molar-refractivity contribution >= 4 is 42.8 Å². The van der Waals surface area contributed by atoms with E-state index in [1.165, 1.54) is 10.9 Å². The van der Waals surface area contributed by atoms with Crippen molar-refractivity contribution in [1.29, 1.82) is 0 Å². The largest absolute Gasteiger partial charge is 0.255 e. The van der Waals surface area contributed by atoms with Gasteiger partial charge in [-0.05, 0) is 39.7 Å². The van der Waals surface area contributed by atoms with Gasteiger partial charge in [0.05, 0.1) is 5.52 Å². The number of hydrogen-bond donors (Lipinski definition) is 0. The fourth-order valence-corrected chi connectivity index (χ4v) is 2.23. The van der Waals surface area contributed by atoms with Crippen molar-refractivity contribution in [2.75, 3.05) is 0 Å². The Morgan fingerprint density at radius 2 is 2.00 bits per heavy atom. The van der Waals surface area contributed by atoms with Crippen LogP contribution in [0.3, 0.4) is 0 Å². The van der Waals surface area contributed by atoms with E-state index in [0.717, 1.165) is 15.3 Å². The molecular formula is C12H13Br2N. The lowest BCUT2D eigenvalue weighted by molar-refractivity contribution is 1.37. The van der Waals surface area contributed by atoms with Gasteiger partial charge in [-0.3, -0.25) is 4.98 Å². The molecule has 1 aromatic carbocycles. The first kappa shape index (κ1) is 12.7. The van der Waals surface area contributed by atoms with Gasteiger partial charge in [0.15, 0.2) is 0 Å². The minimum atomic E-state index is 0.871. The Bertz CT molecular complexity index is 441. The molecule has 0 fully saturated rings. The van der Waals surface area contributed by atoms with E-state index in [-0.39, 0.29) is 0 Å². The van der Waals surface area contributed by atoms with Gasteiger partial charge in [0.1, 0.15) is 0 Å². The van der Waals surface area contributed by atoms with Crippen LogP contribution in [-0.4, -0.2) is 4.98 Å². The first-order chi connectivity index (χ1) is 7.31. The molecule has 2 aromatic rings. The fraction of sp³-hybridized carbons (Fsp3) is 0.250. The van der Waals surface area contributed by atoms with Crippen molar-refractivity contribution in [3.05, 3.63) is 40.5 Å². The van der Waals surface area contributed by atoms with Gasteiger partial charge in [-0.2, -0.15) is 0 Å². The number of pyridine rings is 1. The number of nitrogens with zero attached hydrogens (tertiary/aromatic N) is 1. The molecule has 80 valence electrons. The Morgan fingerprint density at radius 1 is 1.27 bits per heavy atom. The summed E-state index contributed by atoms with van der Waals surface area (Å²) in [5.41, 5.74) is 2.28. The monoisotopic (exact) mass is 329 g/mol. The van der Waals surface area contributed by atoms with E-state index in [2.05, 4.69) is 55.0 Å². The number of aromatic nitrogens is 1. The number of fused-ring (bicyclic) bond motifs is 1. The average molecular weight is 331 g/mol. The number of halogens is 2. The highest BCUT2D eigenvalue weighted by molar-refractivity contribution is 9.10. The molecule has 0 amide bonds. The molecule has 0 unspecified atom stereocenters. The number of rotatable bonds is 1. The molecule has 0 bridgehead atoms. The zero-order valence-electron chi connectivity index (χ0n) is 8.80. The molecular weight excluding hydrogens is 318 g/mol. The molecule has 3 heteroatoms. The third-order valence-corrected chi connectivity index (χ3v) is 3.12. The summed E-state index contributed by atoms with van der Waals surface area (Å²) in [5, 5.41) is 2.04. The molecule has 1 aromatic heterocycles. The Morgan fingerprint density at radius 3 is 2.67 bits per heavy atom. The average Bonchev–Trinajstić information content (AvgIpc) is 2.31. The van der Waals surface area contributed by atoms with Gasteiger partial charge >= 0.3 is 0 Å². The van der Waals surface area contributed by atoms with Crippen LogP contribution in [0.2, 0.25) is 0 Å². The van der Waals surface area contributed by atoms with E-state index in [0.29, 0.717) is 0 Å². The smallest absolute Gasteiger partial charge is 0.0844 e. The quantitative estimate of drug-likeness (QED) is 0.676. The Hall–Kier alpha value is -0.410. The summed E-state index contributed by atoms with van der Waals surface area (Å²) in [6, 6.07) is 8.25. The molecule has 1 heterocycles. The van der Waals surface area contributed by atoms with E-state index in [1.54, 1.807) is 6.20 Å². The predicted octanol–water partition coefficient (Wildman–Crippen LogP) is 4.92. The Kier molecular flexibility index (Phi) is 5.26. The molecule has 0 saturated carbocycles. The zero-order valence-corrected chi connectivity index (χ0v) is 12.0. The van der Waals surface area contributed by atoms with E-state index < -0.39 is 0 Å². The fourth-order valence-electron chi connectivity index (χ4n) is 1.28. The van der Waals surface area contributed by atoms with Gasteiger partial charge < -0.3 is 0 Å². The second-order valence-electron chi connectivity index (χ2n) is 2.79. The second-order valence-corrected chi connectivity index (χ2v) is 4.20. The lowest BCUT2D eigenvalue weighted by Gasteiger charge is -2.02. The summed E-state index contributed by atoms with van der Waals surface area (Å²) in [7, 11) is 0. The van der Waals surface area contributed by atoms with E-state index >= 15 is 0 Å². The van der Waals surface area contributed by atoms with Crippen molar-refractivity contribution in [1.82, 2.24) is 4.98 Å². The van der Waals surface area contributed by atoms with Crippen molar-refractivity contribution < 1.29 is 0 Å². The maximum atomic E-state index is 4.29. The van der Waals surface area contributed by atoms with Crippen LogP contribution in [0.15, 0.2) is 34.9 Å². The molecule has 1 nitrogen and oxygen atoms in total. The van der Waals surface area contributed by atoms with Crippen LogP contribution in [0.5, 0.6) is 0 Å². The highest BCUT2D eigenvalue weighted by Crippen LogP contribution is 2.24. The Labute approximate surface area is 107 Å². The highest BCUT2D eigenvalue weighted by atomic mass is 79.9. The summed E-state index contributed by atoms with van der Waals surface area (Å²) in [6.07, 6.45) is 1.81. The van der Waals surface area contributed by atoms with Crippen molar-refractivity contribution in [2.45, 2.75) is 19.2 Å². The highest BCUT2D eigenvalue weighted by Gasteiger charge is 2.01. The lowest BCUT2D eigenvalue weighted by Crippen LogP contribution is -1.83. The third kappa shape index (κ3) is 3.02. The summed E-state index contributed by atoms with van der Waals surface area (Å²) in [4.78, 5) is 4.29. The van der Waals surface area contributed by atoms with Crippen LogP contribution in [-0.2, 0) is 5.33 Å². The van der Waals surface area contributed by atoms with Gasteiger partial charge in [-0.25, -0.2) is 0 Å². The molecule has 0 saturated heterocycles. The molecule has 0 N–H and O–H groups in total. The maximum absolute atomic E-state index is 4.29. The normalized spacial score (nSPS) is 9.60. The minimum Gasteiger partial charge on any atom is -0.255 e. The topological polar surface area (TPSA) is 12.9 Å². The summed E-state index contributed by atoms with van der Waals surface area (Å²) < 4.78 is 1.06. The van der Waals surface area contributed by atoms with E-state index in [1.807, 2.05) is 19.9 Å². The molecule has 0 aliphatic heterocycles. The first-order valence-corrected chi connectivity index (χ1v) is 6.82. The summed E-state index contributed by atoms with van der Waals surface area (Å²) in [5.74, 6) is 0. The van der Waals surface area contributed by atoms with Crippen LogP contribution in [0.25, 0.3) is 10.9 Å². The number of alkyl halides is 1.